The predicted octanol–water partition coefficient (Wildman–Crippen LogP) is 2.05. The van der Waals surface area contributed by atoms with E-state index in [0.29, 0.717) is 16.8 Å². The van der Waals surface area contributed by atoms with E-state index >= 15 is 0 Å². The normalized spacial score (nSPS) is 22.2. The zero-order chi connectivity index (χ0) is 34.9. The summed E-state index contributed by atoms with van der Waals surface area (Å²) in [6.45, 7) is 6.05. The van der Waals surface area contributed by atoms with Gasteiger partial charge in [0.25, 0.3) is 0 Å². The molecule has 2 aromatic rings. The molecule has 1 heterocycles. The lowest BCUT2D eigenvalue weighted by molar-refractivity contribution is -0.143. The summed E-state index contributed by atoms with van der Waals surface area (Å²) in [5.74, 6) is -4.07. The summed E-state index contributed by atoms with van der Waals surface area (Å²) in [5.41, 5.74) is 16.4. The number of nitrogens with zero attached hydrogens (tertiary/aromatic N) is 3. The molecule has 0 aliphatic carbocycles. The van der Waals surface area contributed by atoms with Gasteiger partial charge in [-0.25, -0.2) is 4.79 Å². The molecular formula is C30H38N8O7S2. The number of benzene rings is 2. The number of hydrogen-bond acceptors (Lipinski definition) is 10. The number of hydrogen-bond donors (Lipinski definition) is 7. The Hall–Kier alpha value is -4.44. The van der Waals surface area contributed by atoms with E-state index < -0.39 is 69.8 Å². The van der Waals surface area contributed by atoms with E-state index in [1.54, 1.807) is 52.0 Å². The Morgan fingerprint density at radius 1 is 1.00 bits per heavy atom. The maximum atomic E-state index is 13.6. The van der Waals surface area contributed by atoms with Crippen molar-refractivity contribution in [2.45, 2.75) is 74.2 Å². The number of carboxylic acids is 1. The monoisotopic (exact) mass is 686 g/mol. The summed E-state index contributed by atoms with van der Waals surface area (Å²) in [4.78, 5) is 68.4. The summed E-state index contributed by atoms with van der Waals surface area (Å²) < 4.78 is -2.22. The van der Waals surface area contributed by atoms with Crippen molar-refractivity contribution in [3.63, 3.8) is 0 Å². The summed E-state index contributed by atoms with van der Waals surface area (Å²) in [7, 11) is 2.25. The van der Waals surface area contributed by atoms with Crippen molar-refractivity contribution in [2.75, 3.05) is 6.54 Å². The van der Waals surface area contributed by atoms with Crippen molar-refractivity contribution in [3.05, 3.63) is 70.1 Å². The largest absolute Gasteiger partial charge is 0.508 e. The molecule has 0 bridgehead atoms. The average Bonchev–Trinajstić information content (AvgIpc) is 3.01. The van der Waals surface area contributed by atoms with Crippen LogP contribution < -0.4 is 27.0 Å². The van der Waals surface area contributed by atoms with Crippen molar-refractivity contribution in [1.29, 1.82) is 0 Å². The van der Waals surface area contributed by atoms with E-state index in [9.17, 15) is 34.2 Å². The summed E-state index contributed by atoms with van der Waals surface area (Å²) in [6.07, 6.45) is 0.0786. The van der Waals surface area contributed by atoms with Crippen LogP contribution in [0, 0.1) is 0 Å². The molecule has 3 rings (SSSR count). The molecule has 17 heteroatoms. The van der Waals surface area contributed by atoms with Crippen LogP contribution in [0.25, 0.3) is 10.4 Å². The van der Waals surface area contributed by atoms with Crippen LogP contribution >= 0.6 is 21.6 Å². The Kier molecular flexibility index (Phi) is 12.5. The van der Waals surface area contributed by atoms with Gasteiger partial charge >= 0.3 is 5.97 Å². The van der Waals surface area contributed by atoms with E-state index in [4.69, 9.17) is 11.3 Å². The Balaban J connectivity index is 1.89. The quantitative estimate of drug-likeness (QED) is 0.0921. The number of amides is 4. The fourth-order valence-electron chi connectivity index (χ4n) is 4.58. The van der Waals surface area contributed by atoms with Gasteiger partial charge in [-0.1, -0.05) is 63.1 Å². The maximum absolute atomic E-state index is 13.6. The third kappa shape index (κ3) is 10.5. The number of aromatic hydroxyl groups is 1. The van der Waals surface area contributed by atoms with Crippen LogP contribution in [0.4, 0.5) is 5.69 Å². The van der Waals surface area contributed by atoms with Gasteiger partial charge in [0.1, 0.15) is 23.9 Å². The highest BCUT2D eigenvalue weighted by atomic mass is 33.1. The Morgan fingerprint density at radius 3 is 2.19 bits per heavy atom. The van der Waals surface area contributed by atoms with Crippen molar-refractivity contribution >= 4 is 56.9 Å². The fraction of sp³-hybridized carbons (Fsp3) is 0.433. The number of carbonyl (C=O) groups excluding carboxylic acids is 4. The van der Waals surface area contributed by atoms with Gasteiger partial charge in [0.05, 0.1) is 17.3 Å². The summed E-state index contributed by atoms with van der Waals surface area (Å²) >= 11 is 0. The second kappa shape index (κ2) is 15.9. The van der Waals surface area contributed by atoms with Crippen LogP contribution in [0.15, 0.2) is 53.6 Å². The van der Waals surface area contributed by atoms with Crippen LogP contribution in [0.3, 0.4) is 0 Å². The molecule has 0 saturated carbocycles. The lowest BCUT2D eigenvalue weighted by atomic mass is 10.00. The molecule has 252 valence electrons. The first-order valence-electron chi connectivity index (χ1n) is 14.5. The van der Waals surface area contributed by atoms with Crippen LogP contribution in [-0.4, -0.2) is 80.0 Å². The van der Waals surface area contributed by atoms with Crippen molar-refractivity contribution in [2.24, 2.45) is 10.8 Å². The second-order valence-electron chi connectivity index (χ2n) is 12.0. The molecular weight excluding hydrogens is 649 g/mol. The zero-order valence-electron chi connectivity index (χ0n) is 26.2. The second-order valence-corrected chi connectivity index (χ2v) is 15.4. The van der Waals surface area contributed by atoms with Crippen LogP contribution in [0.2, 0.25) is 0 Å². The van der Waals surface area contributed by atoms with Gasteiger partial charge in [-0.05, 0) is 62.9 Å². The number of phenols is 1. The minimum atomic E-state index is -1.42. The van der Waals surface area contributed by atoms with Crippen molar-refractivity contribution in [3.8, 4) is 5.75 Å². The molecule has 1 fully saturated rings. The van der Waals surface area contributed by atoms with Gasteiger partial charge in [0, 0.05) is 21.8 Å². The first kappa shape index (κ1) is 37.0. The number of aliphatic carboxylic acids is 1. The Labute approximate surface area is 279 Å². The molecule has 4 amide bonds. The number of nitrogens with two attached hydrogens (primary N) is 1. The number of phenolic OH excluding ortho intramolecular Hbond substituents is 1. The highest BCUT2D eigenvalue weighted by Gasteiger charge is 2.44. The molecule has 15 nitrogen and oxygen atoms in total. The molecule has 1 saturated heterocycles. The molecule has 2 aromatic carbocycles. The fourth-order valence-corrected chi connectivity index (χ4v) is 7.39. The summed E-state index contributed by atoms with van der Waals surface area (Å²) in [5, 5.41) is 33.5. The van der Waals surface area contributed by atoms with E-state index in [1.807, 2.05) is 0 Å². The number of rotatable bonds is 8. The van der Waals surface area contributed by atoms with E-state index in [-0.39, 0.29) is 18.6 Å². The van der Waals surface area contributed by atoms with Gasteiger partial charge in [-0.15, -0.1) is 0 Å². The van der Waals surface area contributed by atoms with Gasteiger partial charge < -0.3 is 37.2 Å². The molecule has 4 atom stereocenters. The zero-order valence-corrected chi connectivity index (χ0v) is 27.9. The van der Waals surface area contributed by atoms with E-state index in [2.05, 4.69) is 31.3 Å². The minimum Gasteiger partial charge on any atom is -0.508 e. The van der Waals surface area contributed by atoms with Gasteiger partial charge in [-0.2, -0.15) is 0 Å². The molecule has 8 N–H and O–H groups in total. The van der Waals surface area contributed by atoms with Crippen molar-refractivity contribution in [1.82, 2.24) is 21.3 Å². The minimum absolute atomic E-state index is 0.0403. The lowest BCUT2D eigenvalue weighted by Crippen LogP contribution is -2.61. The van der Waals surface area contributed by atoms with Crippen LogP contribution in [0.1, 0.15) is 38.8 Å². The number of carbonyl (C=O) groups is 5. The molecule has 0 aromatic heterocycles. The van der Waals surface area contributed by atoms with Crippen LogP contribution in [0.5, 0.6) is 5.75 Å². The number of nitrogens with one attached hydrogen (secondary N) is 4. The SMILES string of the molecule is CC1(C)SSC(C)(C)[C@H](C(=O)O)NC(=O)[C@H](Cc2ccc(N=[N+]=[N-])cc2)NC(=O)CNC(=O)[C@H]1NC(=O)[C@@H](N)Cc1ccc(O)cc1. The number of azide groups is 1. The van der Waals surface area contributed by atoms with Crippen LogP contribution in [-0.2, 0) is 36.8 Å². The predicted molar refractivity (Wildman–Crippen MR) is 179 cm³/mol. The lowest BCUT2D eigenvalue weighted by Gasteiger charge is -2.38. The third-order valence-electron chi connectivity index (χ3n) is 7.28. The summed E-state index contributed by atoms with van der Waals surface area (Å²) in [6, 6.07) is 7.52. The average molecular weight is 687 g/mol. The standard InChI is InChI=1S/C30H38N8O7S2/c1-29(2)23(35-25(41)20(31)13-16-7-11-19(39)12-8-16)27(43)33-15-22(40)34-21(14-17-5-9-18(10-6-17)37-38-32)26(42)36-24(28(44)45)30(3,4)47-46-29/h5-12,20-21,23-24,39H,13-15,31H2,1-4H3,(H,33,43)(H,34,40)(H,35,41)(H,36,42)(H,44,45)/t20-,21-,23+,24-/m0/s1. The van der Waals surface area contributed by atoms with Gasteiger partial charge in [0.2, 0.25) is 23.6 Å². The van der Waals surface area contributed by atoms with Gasteiger partial charge in [0.15, 0.2) is 0 Å². The highest BCUT2D eigenvalue weighted by molar-refractivity contribution is 8.77. The smallest absolute Gasteiger partial charge is 0.327 e. The molecule has 0 spiro atoms. The van der Waals surface area contributed by atoms with E-state index in [1.165, 1.54) is 24.3 Å². The molecule has 0 radical (unpaired) electrons. The Morgan fingerprint density at radius 2 is 1.60 bits per heavy atom. The Bertz CT molecular complexity index is 1530. The number of carboxylic acid groups (broad SMARTS) is 1. The topological polar surface area (TPSA) is 249 Å². The molecule has 47 heavy (non-hydrogen) atoms. The van der Waals surface area contributed by atoms with E-state index in [0.717, 1.165) is 21.6 Å². The molecule has 1 aliphatic rings. The molecule has 0 unspecified atom stereocenters. The van der Waals surface area contributed by atoms with Crippen molar-refractivity contribution < 1.29 is 34.2 Å². The highest BCUT2D eigenvalue weighted by Crippen LogP contribution is 2.46. The first-order valence-corrected chi connectivity index (χ1v) is 16.6. The third-order valence-corrected chi connectivity index (χ3v) is 11.5. The first-order chi connectivity index (χ1) is 22.0. The molecule has 1 aliphatic heterocycles. The maximum Gasteiger partial charge on any atom is 0.327 e. The van der Waals surface area contributed by atoms with Gasteiger partial charge in [-0.3, -0.25) is 19.2 Å².